The van der Waals surface area contributed by atoms with Crippen LogP contribution in [0, 0.1) is 5.82 Å². The standard InChI is InChI=1S/C18H22FN5O2/c1-2-9-26-16-6-4-3-5-14(16)12-21-23-18-20-13-15(19)17(22-18)24-7-10-25-11-8-24/h3-6,12-13H,2,7-11H2,1H3,(H,20,22,23)/b21-12+. The largest absolute Gasteiger partial charge is 0.493 e. The van der Waals surface area contributed by atoms with E-state index in [0.717, 1.165) is 23.9 Å². The number of benzene rings is 1. The van der Waals surface area contributed by atoms with Crippen molar-refractivity contribution < 1.29 is 13.9 Å². The minimum Gasteiger partial charge on any atom is -0.493 e. The van der Waals surface area contributed by atoms with Crippen molar-refractivity contribution in [2.45, 2.75) is 13.3 Å². The van der Waals surface area contributed by atoms with Crippen LogP contribution in [0.15, 0.2) is 35.6 Å². The number of para-hydroxylation sites is 1. The molecule has 1 aliphatic rings. The number of hydrogen-bond donors (Lipinski definition) is 1. The SMILES string of the molecule is CCCOc1ccccc1/C=N/Nc1ncc(F)c(N2CCOCC2)n1. The Labute approximate surface area is 151 Å². The van der Waals surface area contributed by atoms with E-state index in [9.17, 15) is 4.39 Å². The van der Waals surface area contributed by atoms with Gasteiger partial charge in [-0.2, -0.15) is 10.1 Å². The van der Waals surface area contributed by atoms with Crippen LogP contribution in [0.4, 0.5) is 16.2 Å². The number of hydrogen-bond acceptors (Lipinski definition) is 7. The summed E-state index contributed by atoms with van der Waals surface area (Å²) >= 11 is 0. The van der Waals surface area contributed by atoms with E-state index in [0.29, 0.717) is 32.9 Å². The Kier molecular flexibility index (Phi) is 6.32. The third-order valence-corrected chi connectivity index (χ3v) is 3.79. The van der Waals surface area contributed by atoms with E-state index < -0.39 is 5.82 Å². The van der Waals surface area contributed by atoms with Crippen molar-refractivity contribution in [1.82, 2.24) is 9.97 Å². The minimum atomic E-state index is -0.459. The van der Waals surface area contributed by atoms with E-state index in [-0.39, 0.29) is 11.8 Å². The molecule has 1 saturated heterocycles. The van der Waals surface area contributed by atoms with Gasteiger partial charge in [-0.25, -0.2) is 14.8 Å². The van der Waals surface area contributed by atoms with Gasteiger partial charge in [0.05, 0.1) is 32.2 Å². The molecule has 8 heteroatoms. The molecule has 3 rings (SSSR count). The van der Waals surface area contributed by atoms with Crippen LogP contribution in [0.5, 0.6) is 5.75 Å². The van der Waals surface area contributed by atoms with Gasteiger partial charge >= 0.3 is 0 Å². The van der Waals surface area contributed by atoms with Gasteiger partial charge < -0.3 is 14.4 Å². The molecule has 7 nitrogen and oxygen atoms in total. The first-order valence-electron chi connectivity index (χ1n) is 8.64. The Bertz CT molecular complexity index is 750. The molecule has 1 aromatic carbocycles. The molecule has 0 spiro atoms. The molecule has 1 N–H and O–H groups in total. The van der Waals surface area contributed by atoms with Crippen LogP contribution in [-0.2, 0) is 4.74 Å². The molecule has 0 amide bonds. The predicted octanol–water partition coefficient (Wildman–Crippen LogP) is 2.69. The molecular weight excluding hydrogens is 337 g/mol. The summed E-state index contributed by atoms with van der Waals surface area (Å²) in [4.78, 5) is 10.0. The number of hydrazone groups is 1. The lowest BCUT2D eigenvalue weighted by atomic mass is 10.2. The zero-order chi connectivity index (χ0) is 18.2. The van der Waals surface area contributed by atoms with E-state index in [4.69, 9.17) is 9.47 Å². The second kappa shape index (κ2) is 9.10. The fraction of sp³-hybridized carbons (Fsp3) is 0.389. The monoisotopic (exact) mass is 359 g/mol. The number of nitrogens with one attached hydrogen (secondary N) is 1. The highest BCUT2D eigenvalue weighted by molar-refractivity contribution is 5.83. The number of morpholine rings is 1. The third-order valence-electron chi connectivity index (χ3n) is 3.79. The lowest BCUT2D eigenvalue weighted by Crippen LogP contribution is -2.37. The van der Waals surface area contributed by atoms with Crippen LogP contribution in [0.1, 0.15) is 18.9 Å². The van der Waals surface area contributed by atoms with Crippen LogP contribution < -0.4 is 15.1 Å². The molecule has 2 aromatic rings. The van der Waals surface area contributed by atoms with Crippen LogP contribution in [0.2, 0.25) is 0 Å². The summed E-state index contributed by atoms with van der Waals surface area (Å²) < 4.78 is 25.0. The number of aromatic nitrogens is 2. The van der Waals surface area contributed by atoms with E-state index >= 15 is 0 Å². The topological polar surface area (TPSA) is 71.9 Å². The highest BCUT2D eigenvalue weighted by Crippen LogP contribution is 2.19. The maximum Gasteiger partial charge on any atom is 0.245 e. The molecule has 1 fully saturated rings. The fourth-order valence-electron chi connectivity index (χ4n) is 2.50. The first kappa shape index (κ1) is 18.1. The highest BCUT2D eigenvalue weighted by atomic mass is 19.1. The number of halogens is 1. The van der Waals surface area contributed by atoms with E-state index in [1.807, 2.05) is 29.2 Å². The van der Waals surface area contributed by atoms with E-state index in [2.05, 4.69) is 27.4 Å². The summed E-state index contributed by atoms with van der Waals surface area (Å²) in [6.45, 7) is 4.99. The van der Waals surface area contributed by atoms with Gasteiger partial charge in [-0.15, -0.1) is 0 Å². The van der Waals surface area contributed by atoms with Crippen molar-refractivity contribution in [3.63, 3.8) is 0 Å². The number of anilines is 2. The summed E-state index contributed by atoms with van der Waals surface area (Å²) in [6.07, 6.45) is 3.71. The Morgan fingerprint density at radius 1 is 1.35 bits per heavy atom. The van der Waals surface area contributed by atoms with Crippen molar-refractivity contribution in [3.8, 4) is 5.75 Å². The number of rotatable bonds is 7. The number of nitrogens with zero attached hydrogens (tertiary/aromatic N) is 4. The van der Waals surface area contributed by atoms with Crippen molar-refractivity contribution >= 4 is 18.0 Å². The summed E-state index contributed by atoms with van der Waals surface area (Å²) in [5.41, 5.74) is 3.59. The zero-order valence-corrected chi connectivity index (χ0v) is 14.7. The first-order valence-corrected chi connectivity index (χ1v) is 8.64. The molecule has 0 aliphatic carbocycles. The smallest absolute Gasteiger partial charge is 0.245 e. The van der Waals surface area contributed by atoms with Crippen LogP contribution in [0.3, 0.4) is 0 Å². The molecule has 0 atom stereocenters. The van der Waals surface area contributed by atoms with Crippen molar-refractivity contribution in [1.29, 1.82) is 0 Å². The minimum absolute atomic E-state index is 0.232. The lowest BCUT2D eigenvalue weighted by molar-refractivity contribution is 0.122. The molecule has 1 aliphatic heterocycles. The first-order chi connectivity index (χ1) is 12.8. The second-order valence-electron chi connectivity index (χ2n) is 5.72. The van der Waals surface area contributed by atoms with Gasteiger partial charge in [0.1, 0.15) is 5.75 Å². The maximum atomic E-state index is 14.0. The Balaban J connectivity index is 1.69. The van der Waals surface area contributed by atoms with Crippen molar-refractivity contribution in [3.05, 3.63) is 41.8 Å². The summed E-state index contributed by atoms with van der Waals surface area (Å²) in [5.74, 6) is 0.789. The molecule has 0 radical (unpaired) electrons. The average Bonchev–Trinajstić information content (AvgIpc) is 2.69. The van der Waals surface area contributed by atoms with Gasteiger partial charge in [0.15, 0.2) is 11.6 Å². The molecule has 0 bridgehead atoms. The second-order valence-corrected chi connectivity index (χ2v) is 5.72. The van der Waals surface area contributed by atoms with Gasteiger partial charge in [-0.3, -0.25) is 0 Å². The van der Waals surface area contributed by atoms with Crippen molar-refractivity contribution in [2.75, 3.05) is 43.2 Å². The van der Waals surface area contributed by atoms with Gasteiger partial charge in [0, 0.05) is 18.7 Å². The van der Waals surface area contributed by atoms with Gasteiger partial charge in [-0.1, -0.05) is 19.1 Å². The maximum absolute atomic E-state index is 14.0. The van der Waals surface area contributed by atoms with E-state index in [1.165, 1.54) is 0 Å². The Morgan fingerprint density at radius 3 is 2.96 bits per heavy atom. The summed E-state index contributed by atoms with van der Waals surface area (Å²) in [6, 6.07) is 7.61. The van der Waals surface area contributed by atoms with Crippen LogP contribution in [0.25, 0.3) is 0 Å². The van der Waals surface area contributed by atoms with Gasteiger partial charge in [0.25, 0.3) is 0 Å². The quantitative estimate of drug-likeness (QED) is 0.605. The zero-order valence-electron chi connectivity index (χ0n) is 14.7. The predicted molar refractivity (Wildman–Crippen MR) is 98.5 cm³/mol. The Hall–Kier alpha value is -2.74. The summed E-state index contributed by atoms with van der Waals surface area (Å²) in [5, 5.41) is 4.15. The van der Waals surface area contributed by atoms with E-state index in [1.54, 1.807) is 6.21 Å². The van der Waals surface area contributed by atoms with Crippen LogP contribution in [-0.4, -0.2) is 49.1 Å². The normalized spacial score (nSPS) is 14.6. The molecule has 138 valence electrons. The number of ether oxygens (including phenoxy) is 2. The fourth-order valence-corrected chi connectivity index (χ4v) is 2.50. The third kappa shape index (κ3) is 4.66. The van der Waals surface area contributed by atoms with Crippen LogP contribution >= 0.6 is 0 Å². The molecular formula is C18H22FN5O2. The molecule has 2 heterocycles. The summed E-state index contributed by atoms with van der Waals surface area (Å²) in [7, 11) is 0. The lowest BCUT2D eigenvalue weighted by Gasteiger charge is -2.27. The van der Waals surface area contributed by atoms with Gasteiger partial charge in [-0.05, 0) is 18.6 Å². The highest BCUT2D eigenvalue weighted by Gasteiger charge is 2.17. The molecule has 26 heavy (non-hydrogen) atoms. The molecule has 0 saturated carbocycles. The van der Waals surface area contributed by atoms with Crippen molar-refractivity contribution in [2.24, 2.45) is 5.10 Å². The van der Waals surface area contributed by atoms with Gasteiger partial charge in [0.2, 0.25) is 5.95 Å². The Morgan fingerprint density at radius 2 is 2.15 bits per heavy atom. The molecule has 1 aromatic heterocycles. The average molecular weight is 359 g/mol. The molecule has 0 unspecified atom stereocenters.